The summed E-state index contributed by atoms with van der Waals surface area (Å²) in [6.45, 7) is 3.24. The van der Waals surface area contributed by atoms with E-state index in [4.69, 9.17) is 18.5 Å². The second-order valence-electron chi connectivity index (χ2n) is 16.3. The fraction of sp³-hybridized carbons (Fsp3) is 0.867. The first kappa shape index (κ1) is 55.3. The first-order valence-corrected chi connectivity index (χ1v) is 24.6. The van der Waals surface area contributed by atoms with E-state index >= 15 is 0 Å². The van der Waals surface area contributed by atoms with Crippen molar-refractivity contribution < 1.29 is 63.1 Å². The van der Waals surface area contributed by atoms with Crippen LogP contribution < -0.4 is 0 Å². The average molecular weight is 863 g/mol. The molecule has 0 spiro atoms. The van der Waals surface area contributed by atoms with Crippen molar-refractivity contribution in [3.8, 4) is 0 Å². The Bertz CT molecular complexity index is 1130. The number of carbonyl (C=O) groups is 2. The van der Waals surface area contributed by atoms with Gasteiger partial charge in [0.25, 0.3) is 0 Å². The monoisotopic (exact) mass is 863 g/mol. The highest BCUT2D eigenvalue weighted by atomic mass is 31.2. The third kappa shape index (κ3) is 28.5. The van der Waals surface area contributed by atoms with E-state index in [1.165, 1.54) is 109 Å². The fourth-order valence-electron chi connectivity index (χ4n) is 6.99. The van der Waals surface area contributed by atoms with E-state index < -0.39 is 75.7 Å². The van der Waals surface area contributed by atoms with Crippen LogP contribution in [0.4, 0.5) is 0 Å². The van der Waals surface area contributed by atoms with Gasteiger partial charge in [-0.2, -0.15) is 0 Å². The molecule has 6 unspecified atom stereocenters. The highest BCUT2D eigenvalue weighted by Crippen LogP contribution is 2.47. The van der Waals surface area contributed by atoms with E-state index in [0.29, 0.717) is 12.8 Å². The quantitative estimate of drug-likeness (QED) is 0.0149. The normalized spacial score (nSPS) is 22.5. The van der Waals surface area contributed by atoms with E-state index in [1.807, 2.05) is 6.08 Å². The summed E-state index contributed by atoms with van der Waals surface area (Å²) in [5.41, 5.74) is 0. The van der Waals surface area contributed by atoms with Gasteiger partial charge in [0.15, 0.2) is 6.10 Å². The van der Waals surface area contributed by atoms with Crippen molar-refractivity contribution in [3.05, 3.63) is 24.3 Å². The number of aliphatic hydroxyl groups excluding tert-OH is 5. The summed E-state index contributed by atoms with van der Waals surface area (Å²) >= 11 is 0. The van der Waals surface area contributed by atoms with E-state index in [-0.39, 0.29) is 12.8 Å². The van der Waals surface area contributed by atoms with Gasteiger partial charge in [0.05, 0.1) is 6.61 Å². The summed E-state index contributed by atoms with van der Waals surface area (Å²) in [4.78, 5) is 35.6. The highest BCUT2D eigenvalue weighted by molar-refractivity contribution is 7.47. The zero-order valence-corrected chi connectivity index (χ0v) is 37.4. The molecule has 1 rings (SSSR count). The lowest BCUT2D eigenvalue weighted by Crippen LogP contribution is -2.64. The minimum Gasteiger partial charge on any atom is -0.462 e. The molecular weight excluding hydrogens is 779 g/mol. The molecule has 0 amide bonds. The summed E-state index contributed by atoms with van der Waals surface area (Å²) in [5, 5.41) is 50.1. The Morgan fingerprint density at radius 2 is 0.915 bits per heavy atom. The van der Waals surface area contributed by atoms with Crippen LogP contribution in [-0.4, -0.2) is 98.3 Å². The van der Waals surface area contributed by atoms with Crippen LogP contribution in [0.1, 0.15) is 194 Å². The lowest BCUT2D eigenvalue weighted by molar-refractivity contribution is -0.220. The van der Waals surface area contributed by atoms with E-state index in [2.05, 4.69) is 32.1 Å². The fourth-order valence-corrected chi connectivity index (χ4v) is 7.96. The third-order valence-electron chi connectivity index (χ3n) is 10.8. The average Bonchev–Trinajstić information content (AvgIpc) is 3.21. The van der Waals surface area contributed by atoms with Gasteiger partial charge in [-0.1, -0.05) is 160 Å². The molecule has 14 heteroatoms. The zero-order valence-electron chi connectivity index (χ0n) is 36.6. The standard InChI is InChI=1S/C45H83O13P/c1-3-5-7-9-11-13-15-17-19-21-23-25-27-29-31-33-38(46)55-35-37(36-56-59(53,54)58-45-43(51)41(49)40(48)42(50)44(45)52)57-39(47)34-32-30-28-26-24-22-20-18-16-14-12-10-8-6-4-2/h10,12,27,29,37,40-45,48-52H,3-9,11,13-26,28,30-36H2,1-2H3,(H,53,54)/b12-10+,29-27+/t37-,40?,41-,42?,43?,44?,45?/m1/s1. The summed E-state index contributed by atoms with van der Waals surface area (Å²) < 4.78 is 33.5. The number of esters is 2. The highest BCUT2D eigenvalue weighted by Gasteiger charge is 2.51. The largest absolute Gasteiger partial charge is 0.472 e. The Morgan fingerprint density at radius 3 is 1.41 bits per heavy atom. The maximum absolute atomic E-state index is 12.8. The number of phosphoric ester groups is 1. The van der Waals surface area contributed by atoms with E-state index in [0.717, 1.165) is 44.9 Å². The zero-order chi connectivity index (χ0) is 43.6. The number of hydrogen-bond acceptors (Lipinski definition) is 12. The second-order valence-corrected chi connectivity index (χ2v) is 17.7. The van der Waals surface area contributed by atoms with Crippen LogP contribution in [0.25, 0.3) is 0 Å². The van der Waals surface area contributed by atoms with Crippen LogP contribution in [0, 0.1) is 0 Å². The molecule has 1 fully saturated rings. The molecule has 1 aliphatic carbocycles. The summed E-state index contributed by atoms with van der Waals surface area (Å²) in [6, 6.07) is 0. The van der Waals surface area contributed by atoms with Crippen LogP contribution in [-0.2, 0) is 32.7 Å². The SMILES string of the molecule is CCCC/C=C/CCCCCCCCCCCC(=O)O[C@H](COC(=O)CC/C=C/CCCCCCCCCCCCC)COP(=O)(O)OC1C(O)C(O)C(O)[C@@H](O)C1O. The van der Waals surface area contributed by atoms with Gasteiger partial charge in [0, 0.05) is 12.8 Å². The molecule has 0 radical (unpaired) electrons. The van der Waals surface area contributed by atoms with Crippen LogP contribution in [0.15, 0.2) is 24.3 Å². The van der Waals surface area contributed by atoms with Gasteiger partial charge in [-0.25, -0.2) is 4.57 Å². The number of allylic oxidation sites excluding steroid dienone is 4. The van der Waals surface area contributed by atoms with Gasteiger partial charge in [0.1, 0.15) is 43.2 Å². The number of ether oxygens (including phenoxy) is 2. The maximum atomic E-state index is 12.8. The van der Waals surface area contributed by atoms with Crippen LogP contribution in [0.5, 0.6) is 0 Å². The number of unbranched alkanes of at least 4 members (excludes halogenated alkanes) is 22. The molecule has 8 atom stereocenters. The Morgan fingerprint density at radius 1 is 0.508 bits per heavy atom. The molecule has 1 aliphatic rings. The number of carbonyl (C=O) groups excluding carboxylic acids is 2. The van der Waals surface area contributed by atoms with Crippen molar-refractivity contribution in [1.29, 1.82) is 0 Å². The minimum atomic E-state index is -5.12. The lowest BCUT2D eigenvalue weighted by atomic mass is 9.85. The number of phosphoric acid groups is 1. The number of hydrogen-bond donors (Lipinski definition) is 6. The van der Waals surface area contributed by atoms with Gasteiger partial charge >= 0.3 is 19.8 Å². The molecule has 0 heterocycles. The minimum absolute atomic E-state index is 0.0856. The summed E-state index contributed by atoms with van der Waals surface area (Å²) in [5.74, 6) is -1.15. The van der Waals surface area contributed by atoms with Crippen LogP contribution >= 0.6 is 7.82 Å². The van der Waals surface area contributed by atoms with Crippen molar-refractivity contribution in [1.82, 2.24) is 0 Å². The predicted molar refractivity (Wildman–Crippen MR) is 230 cm³/mol. The molecule has 0 saturated heterocycles. The Balaban J connectivity index is 2.47. The molecule has 1 saturated carbocycles. The Kier molecular flexibility index (Phi) is 33.7. The first-order valence-electron chi connectivity index (χ1n) is 23.1. The van der Waals surface area contributed by atoms with Crippen LogP contribution in [0.2, 0.25) is 0 Å². The molecule has 0 aromatic rings. The molecule has 346 valence electrons. The lowest BCUT2D eigenvalue weighted by Gasteiger charge is -2.41. The van der Waals surface area contributed by atoms with Gasteiger partial charge < -0.3 is 39.9 Å². The molecule has 0 aliphatic heterocycles. The first-order chi connectivity index (χ1) is 28.4. The Labute approximate surface area is 356 Å². The van der Waals surface area contributed by atoms with Crippen molar-refractivity contribution in [2.75, 3.05) is 13.2 Å². The molecule has 6 N–H and O–H groups in total. The van der Waals surface area contributed by atoms with Gasteiger partial charge in [-0.05, 0) is 44.9 Å². The van der Waals surface area contributed by atoms with Crippen molar-refractivity contribution in [2.45, 2.75) is 236 Å². The number of aliphatic hydroxyl groups is 5. The van der Waals surface area contributed by atoms with Crippen molar-refractivity contribution in [2.24, 2.45) is 0 Å². The van der Waals surface area contributed by atoms with E-state index in [9.17, 15) is 44.6 Å². The third-order valence-corrected chi connectivity index (χ3v) is 11.8. The Hall–Kier alpha value is -1.67. The second kappa shape index (κ2) is 35.9. The molecule has 0 bridgehead atoms. The molecule has 0 aromatic carbocycles. The van der Waals surface area contributed by atoms with Crippen molar-refractivity contribution in [3.63, 3.8) is 0 Å². The topological polar surface area (TPSA) is 210 Å². The molecular formula is C45H83O13P. The van der Waals surface area contributed by atoms with Gasteiger partial charge in [0.2, 0.25) is 0 Å². The summed E-state index contributed by atoms with van der Waals surface area (Å²) in [7, 11) is -5.12. The van der Waals surface area contributed by atoms with Gasteiger partial charge in [-0.3, -0.25) is 18.6 Å². The smallest absolute Gasteiger partial charge is 0.462 e. The molecule has 0 aromatic heterocycles. The molecule has 13 nitrogen and oxygen atoms in total. The molecule has 59 heavy (non-hydrogen) atoms. The predicted octanol–water partition coefficient (Wildman–Crippen LogP) is 8.84. The van der Waals surface area contributed by atoms with Crippen LogP contribution in [0.3, 0.4) is 0 Å². The maximum Gasteiger partial charge on any atom is 0.472 e. The number of rotatable bonds is 38. The van der Waals surface area contributed by atoms with Crippen molar-refractivity contribution >= 4 is 19.8 Å². The van der Waals surface area contributed by atoms with Gasteiger partial charge in [-0.15, -0.1) is 0 Å². The van der Waals surface area contributed by atoms with E-state index in [1.54, 1.807) is 0 Å². The summed E-state index contributed by atoms with van der Waals surface area (Å²) in [6.07, 6.45) is 25.3.